The molecule has 0 saturated heterocycles. The average molecular weight is 205 g/mol. The lowest BCUT2D eigenvalue weighted by Gasteiger charge is -2.30. The summed E-state index contributed by atoms with van der Waals surface area (Å²) in [5.74, 6) is -2.98. The Balaban J connectivity index is 3.11. The maximum absolute atomic E-state index is 10.9. The standard InChI is InChI=1S/C7H11NO6/c1-8-7(3(10)2-9)5(12)4(11)6(13)14-7/h3,8-12H,2H2,1H3/t3-,7+/m0/s1. The third kappa shape index (κ3) is 1.22. The van der Waals surface area contributed by atoms with Gasteiger partial charge in [-0.2, -0.15) is 0 Å². The molecule has 0 bridgehead atoms. The smallest absolute Gasteiger partial charge is 0.379 e. The third-order valence-electron chi connectivity index (χ3n) is 2.04. The molecule has 5 N–H and O–H groups in total. The molecule has 0 radical (unpaired) electrons. The van der Waals surface area contributed by atoms with Crippen LogP contribution in [0.4, 0.5) is 0 Å². The summed E-state index contributed by atoms with van der Waals surface area (Å²) >= 11 is 0. The monoisotopic (exact) mass is 205 g/mol. The van der Waals surface area contributed by atoms with Crippen LogP contribution in [-0.2, 0) is 9.53 Å². The number of aliphatic hydroxyl groups excluding tert-OH is 4. The van der Waals surface area contributed by atoms with Gasteiger partial charge >= 0.3 is 5.97 Å². The van der Waals surface area contributed by atoms with E-state index in [4.69, 9.17) is 10.2 Å². The van der Waals surface area contributed by atoms with E-state index >= 15 is 0 Å². The molecule has 0 aromatic carbocycles. The van der Waals surface area contributed by atoms with Crippen LogP contribution in [0.25, 0.3) is 0 Å². The zero-order valence-corrected chi connectivity index (χ0v) is 7.39. The number of nitrogens with one attached hydrogen (secondary N) is 1. The van der Waals surface area contributed by atoms with Crippen molar-refractivity contribution >= 4 is 5.97 Å². The summed E-state index contributed by atoms with van der Waals surface area (Å²) in [7, 11) is 1.29. The topological polar surface area (TPSA) is 119 Å². The highest BCUT2D eigenvalue weighted by Gasteiger charge is 2.53. The summed E-state index contributed by atoms with van der Waals surface area (Å²) in [6, 6.07) is 0. The number of rotatable bonds is 3. The largest absolute Gasteiger partial charge is 0.504 e. The molecule has 0 aromatic heterocycles. The summed E-state index contributed by atoms with van der Waals surface area (Å²) in [5.41, 5.74) is -1.96. The first-order valence-electron chi connectivity index (χ1n) is 3.83. The van der Waals surface area contributed by atoms with Crippen LogP contribution in [0, 0.1) is 0 Å². The van der Waals surface area contributed by atoms with E-state index in [2.05, 4.69) is 10.1 Å². The van der Waals surface area contributed by atoms with Gasteiger partial charge in [-0.05, 0) is 7.05 Å². The summed E-state index contributed by atoms with van der Waals surface area (Å²) in [4.78, 5) is 10.9. The Morgan fingerprint density at radius 1 is 1.57 bits per heavy atom. The Hall–Kier alpha value is -1.31. The van der Waals surface area contributed by atoms with Crippen molar-refractivity contribution in [3.8, 4) is 0 Å². The minimum absolute atomic E-state index is 0.745. The van der Waals surface area contributed by atoms with Crippen molar-refractivity contribution in [3.63, 3.8) is 0 Å². The first kappa shape index (κ1) is 10.8. The first-order chi connectivity index (χ1) is 6.49. The van der Waals surface area contributed by atoms with E-state index in [1.54, 1.807) is 0 Å². The average Bonchev–Trinajstić information content (AvgIpc) is 2.42. The highest BCUT2D eigenvalue weighted by Crippen LogP contribution is 2.30. The van der Waals surface area contributed by atoms with Crippen molar-refractivity contribution in [2.75, 3.05) is 13.7 Å². The maximum atomic E-state index is 10.9. The fourth-order valence-corrected chi connectivity index (χ4v) is 1.21. The van der Waals surface area contributed by atoms with Gasteiger partial charge < -0.3 is 25.2 Å². The van der Waals surface area contributed by atoms with Crippen molar-refractivity contribution in [3.05, 3.63) is 11.5 Å². The van der Waals surface area contributed by atoms with Gasteiger partial charge in [0.15, 0.2) is 0 Å². The molecule has 0 spiro atoms. The lowest BCUT2D eigenvalue weighted by atomic mass is 10.1. The van der Waals surface area contributed by atoms with Crippen molar-refractivity contribution in [1.29, 1.82) is 0 Å². The van der Waals surface area contributed by atoms with Crippen LogP contribution < -0.4 is 5.32 Å². The van der Waals surface area contributed by atoms with Gasteiger partial charge in [-0.3, -0.25) is 5.32 Å². The molecule has 0 amide bonds. The van der Waals surface area contributed by atoms with E-state index in [0.29, 0.717) is 0 Å². The summed E-state index contributed by atoms with van der Waals surface area (Å²) in [5, 5.41) is 38.7. The fraction of sp³-hybridized carbons (Fsp3) is 0.571. The number of ether oxygens (including phenoxy) is 1. The number of esters is 1. The molecule has 14 heavy (non-hydrogen) atoms. The van der Waals surface area contributed by atoms with Crippen molar-refractivity contribution in [1.82, 2.24) is 5.32 Å². The van der Waals surface area contributed by atoms with Crippen molar-refractivity contribution < 1.29 is 30.0 Å². The molecule has 7 heteroatoms. The molecule has 1 heterocycles. The Morgan fingerprint density at radius 3 is 2.43 bits per heavy atom. The van der Waals surface area contributed by atoms with E-state index in [1.165, 1.54) is 7.05 Å². The number of carbonyl (C=O) groups is 1. The number of aliphatic hydroxyl groups is 4. The van der Waals surface area contributed by atoms with Crippen LogP contribution in [0.15, 0.2) is 11.5 Å². The lowest BCUT2D eigenvalue weighted by molar-refractivity contribution is -0.168. The minimum atomic E-state index is -1.96. The minimum Gasteiger partial charge on any atom is -0.504 e. The molecule has 2 atom stereocenters. The molecule has 0 unspecified atom stereocenters. The van der Waals surface area contributed by atoms with E-state index < -0.39 is 35.9 Å². The molecule has 1 rings (SSSR count). The van der Waals surface area contributed by atoms with Crippen LogP contribution in [0.3, 0.4) is 0 Å². The molecule has 0 aliphatic carbocycles. The highest BCUT2D eigenvalue weighted by molar-refractivity contribution is 5.89. The fourth-order valence-electron chi connectivity index (χ4n) is 1.21. The first-order valence-corrected chi connectivity index (χ1v) is 3.83. The van der Waals surface area contributed by atoms with Crippen molar-refractivity contribution in [2.24, 2.45) is 0 Å². The predicted molar refractivity (Wildman–Crippen MR) is 43.3 cm³/mol. The summed E-state index contributed by atoms with van der Waals surface area (Å²) in [6.07, 6.45) is -1.57. The molecule has 0 saturated carbocycles. The molecular weight excluding hydrogens is 194 g/mol. The van der Waals surface area contributed by atoms with E-state index in [9.17, 15) is 15.0 Å². The molecule has 1 aliphatic heterocycles. The SMILES string of the molecule is CN[C@]1([C@@H](O)CO)OC(=O)C(O)=C1O. The number of hydrogen-bond donors (Lipinski definition) is 5. The number of likely N-dealkylation sites (N-methyl/N-ethyl adjacent to an activating group) is 1. The third-order valence-corrected chi connectivity index (χ3v) is 2.04. The number of cyclic esters (lactones) is 1. The normalized spacial score (nSPS) is 29.2. The highest BCUT2D eigenvalue weighted by atomic mass is 16.6. The zero-order valence-electron chi connectivity index (χ0n) is 7.39. The predicted octanol–water partition coefficient (Wildman–Crippen LogP) is -1.86. The molecule has 80 valence electrons. The lowest BCUT2D eigenvalue weighted by Crippen LogP contribution is -2.56. The second kappa shape index (κ2) is 3.45. The summed E-state index contributed by atoms with van der Waals surface area (Å²) in [6.45, 7) is -0.745. The molecule has 0 aromatic rings. The Bertz CT molecular complexity index is 288. The Kier molecular flexibility index (Phi) is 2.65. The van der Waals surface area contributed by atoms with Gasteiger partial charge in [0.2, 0.25) is 11.5 Å². The quantitative estimate of drug-likeness (QED) is 0.343. The van der Waals surface area contributed by atoms with E-state index in [-0.39, 0.29) is 0 Å². The van der Waals surface area contributed by atoms with Crippen LogP contribution in [0.2, 0.25) is 0 Å². The zero-order chi connectivity index (χ0) is 10.9. The van der Waals surface area contributed by atoms with E-state index in [1.807, 2.05) is 0 Å². The number of carbonyl (C=O) groups excluding carboxylic acids is 1. The maximum Gasteiger partial charge on any atom is 0.379 e. The Labute approximate surface area is 79.2 Å². The summed E-state index contributed by atoms with van der Waals surface area (Å²) < 4.78 is 4.54. The second-order valence-electron chi connectivity index (χ2n) is 2.77. The van der Waals surface area contributed by atoms with E-state index in [0.717, 1.165) is 0 Å². The molecule has 1 aliphatic rings. The van der Waals surface area contributed by atoms with Gasteiger partial charge in [-0.1, -0.05) is 0 Å². The second-order valence-corrected chi connectivity index (χ2v) is 2.77. The van der Waals surface area contributed by atoms with Crippen LogP contribution in [0.1, 0.15) is 0 Å². The van der Waals surface area contributed by atoms with Gasteiger partial charge in [-0.25, -0.2) is 4.79 Å². The van der Waals surface area contributed by atoms with Gasteiger partial charge in [0.25, 0.3) is 5.72 Å². The van der Waals surface area contributed by atoms with Gasteiger partial charge in [0.05, 0.1) is 6.61 Å². The molecule has 7 nitrogen and oxygen atoms in total. The molecular formula is C7H11NO6. The van der Waals surface area contributed by atoms with Crippen LogP contribution >= 0.6 is 0 Å². The Morgan fingerprint density at radius 2 is 2.14 bits per heavy atom. The van der Waals surface area contributed by atoms with Gasteiger partial charge in [-0.15, -0.1) is 0 Å². The van der Waals surface area contributed by atoms with Gasteiger partial charge in [0.1, 0.15) is 6.10 Å². The van der Waals surface area contributed by atoms with Gasteiger partial charge in [0, 0.05) is 0 Å². The number of hydrogen-bond acceptors (Lipinski definition) is 7. The van der Waals surface area contributed by atoms with Crippen molar-refractivity contribution in [2.45, 2.75) is 11.8 Å². The van der Waals surface area contributed by atoms with Crippen LogP contribution in [0.5, 0.6) is 0 Å². The van der Waals surface area contributed by atoms with Crippen LogP contribution in [-0.4, -0.2) is 51.9 Å². The molecule has 0 fully saturated rings.